The summed E-state index contributed by atoms with van der Waals surface area (Å²) in [4.78, 5) is 11.1. The molecule has 0 spiro atoms. The highest BCUT2D eigenvalue weighted by atomic mass is 32.2. The summed E-state index contributed by atoms with van der Waals surface area (Å²) in [5, 5.41) is 10.5. The third-order valence-electron chi connectivity index (χ3n) is 2.36. The molecule has 0 radical (unpaired) electrons. The summed E-state index contributed by atoms with van der Waals surface area (Å²) in [6, 6.07) is 6.56. The first-order valence-electron chi connectivity index (χ1n) is 5.36. The molecule has 1 aliphatic rings. The van der Waals surface area contributed by atoms with Gasteiger partial charge in [-0.2, -0.15) is 0 Å². The van der Waals surface area contributed by atoms with Crippen molar-refractivity contribution in [2.24, 2.45) is 0 Å². The van der Waals surface area contributed by atoms with Crippen molar-refractivity contribution in [1.82, 2.24) is 0 Å². The van der Waals surface area contributed by atoms with Gasteiger partial charge < -0.3 is 9.47 Å². The van der Waals surface area contributed by atoms with E-state index < -0.39 is 4.92 Å². The normalized spacial score (nSPS) is 16.2. The maximum absolute atomic E-state index is 10.5. The molecule has 0 atom stereocenters. The molecule has 0 N–H and O–H groups in total. The largest absolute Gasteiger partial charge is 0.350 e. The van der Waals surface area contributed by atoms with Gasteiger partial charge in [0.25, 0.3) is 5.69 Å². The Bertz CT molecular complexity index is 376. The van der Waals surface area contributed by atoms with Gasteiger partial charge in [-0.1, -0.05) is 0 Å². The van der Waals surface area contributed by atoms with Gasteiger partial charge in [0.2, 0.25) is 0 Å². The summed E-state index contributed by atoms with van der Waals surface area (Å²) in [7, 11) is 0. The fraction of sp³-hybridized carbons (Fsp3) is 0.455. The minimum absolute atomic E-state index is 0.0828. The van der Waals surface area contributed by atoms with Crippen LogP contribution < -0.4 is 0 Å². The quantitative estimate of drug-likeness (QED) is 0.459. The minimum atomic E-state index is -0.394. The van der Waals surface area contributed by atoms with Crippen LogP contribution in [0.4, 0.5) is 5.69 Å². The lowest BCUT2D eigenvalue weighted by atomic mass is 10.3. The number of hydrogen-bond acceptors (Lipinski definition) is 5. The molecule has 0 aliphatic carbocycles. The fourth-order valence-corrected chi connectivity index (χ4v) is 2.39. The molecule has 0 bridgehead atoms. The Hall–Kier alpha value is -1.11. The van der Waals surface area contributed by atoms with E-state index >= 15 is 0 Å². The van der Waals surface area contributed by atoms with Gasteiger partial charge in [-0.25, -0.2) is 0 Å². The fourth-order valence-electron chi connectivity index (χ4n) is 1.51. The molecule has 0 aromatic heterocycles. The maximum atomic E-state index is 10.5. The second-order valence-electron chi connectivity index (χ2n) is 3.56. The average Bonchev–Trinajstić information content (AvgIpc) is 2.83. The zero-order valence-electron chi connectivity index (χ0n) is 9.20. The Kier molecular flexibility index (Phi) is 4.36. The van der Waals surface area contributed by atoms with E-state index in [1.165, 1.54) is 12.1 Å². The SMILES string of the molecule is O=[N+]([O-])c1ccc(SCCC2OCCO2)cc1. The van der Waals surface area contributed by atoms with Gasteiger partial charge in [0.1, 0.15) is 0 Å². The number of thioether (sulfide) groups is 1. The third kappa shape index (κ3) is 3.69. The summed E-state index contributed by atoms with van der Waals surface area (Å²) in [6.45, 7) is 1.35. The molecular weight excluding hydrogens is 242 g/mol. The van der Waals surface area contributed by atoms with Crippen LogP contribution in [0.15, 0.2) is 29.2 Å². The van der Waals surface area contributed by atoms with E-state index in [0.29, 0.717) is 13.2 Å². The number of ether oxygens (including phenoxy) is 2. The Balaban J connectivity index is 1.76. The molecule has 6 heteroatoms. The van der Waals surface area contributed by atoms with E-state index in [9.17, 15) is 10.1 Å². The van der Waals surface area contributed by atoms with E-state index in [-0.39, 0.29) is 12.0 Å². The Morgan fingerprint density at radius 3 is 2.53 bits per heavy atom. The summed E-state index contributed by atoms with van der Waals surface area (Å²) in [5.74, 6) is 0.877. The van der Waals surface area contributed by atoms with Crippen LogP contribution in [-0.4, -0.2) is 30.2 Å². The Labute approximate surface area is 103 Å². The summed E-state index contributed by atoms with van der Waals surface area (Å²) < 4.78 is 10.6. The van der Waals surface area contributed by atoms with Crippen LogP contribution in [0.25, 0.3) is 0 Å². The summed E-state index contributed by atoms with van der Waals surface area (Å²) >= 11 is 1.65. The van der Waals surface area contributed by atoms with Gasteiger partial charge in [-0.15, -0.1) is 11.8 Å². The van der Waals surface area contributed by atoms with E-state index in [2.05, 4.69) is 0 Å². The highest BCUT2D eigenvalue weighted by molar-refractivity contribution is 7.99. The van der Waals surface area contributed by atoms with Gasteiger partial charge in [0, 0.05) is 29.2 Å². The van der Waals surface area contributed by atoms with Crippen LogP contribution in [0.1, 0.15) is 6.42 Å². The van der Waals surface area contributed by atoms with Crippen LogP contribution in [0.5, 0.6) is 0 Å². The van der Waals surface area contributed by atoms with E-state index in [0.717, 1.165) is 17.1 Å². The number of benzene rings is 1. The van der Waals surface area contributed by atoms with Crippen molar-refractivity contribution in [2.75, 3.05) is 19.0 Å². The second-order valence-corrected chi connectivity index (χ2v) is 4.73. The maximum Gasteiger partial charge on any atom is 0.269 e. The van der Waals surface area contributed by atoms with Crippen LogP contribution in [0.3, 0.4) is 0 Å². The number of hydrogen-bond donors (Lipinski definition) is 0. The summed E-state index contributed by atoms with van der Waals surface area (Å²) in [5.41, 5.74) is 0.122. The Morgan fingerprint density at radius 2 is 1.94 bits per heavy atom. The van der Waals surface area contributed by atoms with Crippen molar-refractivity contribution in [3.8, 4) is 0 Å². The third-order valence-corrected chi connectivity index (χ3v) is 3.41. The van der Waals surface area contributed by atoms with Crippen LogP contribution in [-0.2, 0) is 9.47 Å². The highest BCUT2D eigenvalue weighted by Crippen LogP contribution is 2.23. The van der Waals surface area contributed by atoms with Crippen molar-refractivity contribution >= 4 is 17.4 Å². The van der Waals surface area contributed by atoms with Crippen molar-refractivity contribution in [2.45, 2.75) is 17.6 Å². The topological polar surface area (TPSA) is 61.6 Å². The molecule has 2 rings (SSSR count). The van der Waals surface area contributed by atoms with Crippen molar-refractivity contribution in [3.05, 3.63) is 34.4 Å². The zero-order chi connectivity index (χ0) is 12.1. The van der Waals surface area contributed by atoms with E-state index in [4.69, 9.17) is 9.47 Å². The van der Waals surface area contributed by atoms with Crippen molar-refractivity contribution < 1.29 is 14.4 Å². The molecule has 1 saturated heterocycles. The second kappa shape index (κ2) is 6.00. The number of nitro benzene ring substituents is 1. The monoisotopic (exact) mass is 255 g/mol. The zero-order valence-corrected chi connectivity index (χ0v) is 10.0. The molecular formula is C11H13NO4S. The van der Waals surface area contributed by atoms with Gasteiger partial charge in [-0.3, -0.25) is 10.1 Å². The van der Waals surface area contributed by atoms with Crippen molar-refractivity contribution in [1.29, 1.82) is 0 Å². The standard InChI is InChI=1S/C11H13NO4S/c13-12(14)9-1-3-10(4-2-9)17-8-5-11-15-6-7-16-11/h1-4,11H,5-8H2. The molecule has 1 aromatic rings. The van der Waals surface area contributed by atoms with Crippen LogP contribution >= 0.6 is 11.8 Å². The first-order valence-corrected chi connectivity index (χ1v) is 6.35. The van der Waals surface area contributed by atoms with Crippen LogP contribution in [0.2, 0.25) is 0 Å². The molecule has 1 aliphatic heterocycles. The van der Waals surface area contributed by atoms with E-state index in [1.54, 1.807) is 23.9 Å². The number of nitrogens with zero attached hydrogens (tertiary/aromatic N) is 1. The van der Waals surface area contributed by atoms with Gasteiger partial charge in [0.15, 0.2) is 6.29 Å². The molecule has 1 fully saturated rings. The lowest BCUT2D eigenvalue weighted by Gasteiger charge is -2.07. The first kappa shape index (κ1) is 12.3. The Morgan fingerprint density at radius 1 is 1.29 bits per heavy atom. The van der Waals surface area contributed by atoms with Gasteiger partial charge in [-0.05, 0) is 12.1 Å². The lowest BCUT2D eigenvalue weighted by Crippen LogP contribution is -2.08. The molecule has 1 heterocycles. The highest BCUT2D eigenvalue weighted by Gasteiger charge is 2.15. The average molecular weight is 255 g/mol. The molecule has 17 heavy (non-hydrogen) atoms. The number of non-ortho nitro benzene ring substituents is 1. The first-order chi connectivity index (χ1) is 8.25. The molecule has 0 saturated carbocycles. The number of nitro groups is 1. The molecule has 0 unspecified atom stereocenters. The molecule has 0 amide bonds. The van der Waals surface area contributed by atoms with Crippen molar-refractivity contribution in [3.63, 3.8) is 0 Å². The van der Waals surface area contributed by atoms with Crippen LogP contribution in [0, 0.1) is 10.1 Å². The van der Waals surface area contributed by atoms with E-state index in [1.807, 2.05) is 0 Å². The molecule has 1 aromatic carbocycles. The van der Waals surface area contributed by atoms with Gasteiger partial charge >= 0.3 is 0 Å². The summed E-state index contributed by atoms with van der Waals surface area (Å²) in [6.07, 6.45) is 0.752. The number of rotatable bonds is 5. The smallest absolute Gasteiger partial charge is 0.269 e. The predicted octanol–water partition coefficient (Wildman–Crippen LogP) is 2.45. The predicted molar refractivity (Wildman–Crippen MR) is 64.1 cm³/mol. The molecule has 92 valence electrons. The lowest BCUT2D eigenvalue weighted by molar-refractivity contribution is -0.384. The molecule has 5 nitrogen and oxygen atoms in total. The minimum Gasteiger partial charge on any atom is -0.350 e. The van der Waals surface area contributed by atoms with Gasteiger partial charge in [0.05, 0.1) is 18.1 Å².